The molecule has 0 saturated carbocycles. The van der Waals surface area contributed by atoms with E-state index in [-0.39, 0.29) is 0 Å². The summed E-state index contributed by atoms with van der Waals surface area (Å²) in [5.74, 6) is 3.62. The Morgan fingerprint density at radius 1 is 0.185 bits per heavy atom. The van der Waals surface area contributed by atoms with Gasteiger partial charge < -0.3 is 4.57 Å². The summed E-state index contributed by atoms with van der Waals surface area (Å²) in [7, 11) is 0. The average Bonchev–Trinajstić information content (AvgIpc) is 1.65. The van der Waals surface area contributed by atoms with Crippen molar-refractivity contribution < 1.29 is 0 Å². The van der Waals surface area contributed by atoms with E-state index >= 15 is 0 Å². The Balaban J connectivity index is 0.000000143. The smallest absolute Gasteiger partial charge is 0.164 e. The fourth-order valence-electron chi connectivity index (χ4n) is 16.4. The Morgan fingerprint density at radius 3 is 0.866 bits per heavy atom. The van der Waals surface area contributed by atoms with Crippen LogP contribution in [0.2, 0.25) is 0 Å². The van der Waals surface area contributed by atoms with Crippen molar-refractivity contribution in [3.05, 3.63) is 382 Å². The Kier molecular flexibility index (Phi) is 17.6. The van der Waals surface area contributed by atoms with Gasteiger partial charge in [0.15, 0.2) is 34.9 Å². The zero-order valence-corrected chi connectivity index (χ0v) is 65.1. The monoisotopic (exact) mass is 1560 g/mol. The van der Waals surface area contributed by atoms with E-state index in [0.29, 0.717) is 34.9 Å². The van der Waals surface area contributed by atoms with E-state index in [1.807, 2.05) is 66.7 Å². The first kappa shape index (κ1) is 70.0. The van der Waals surface area contributed by atoms with Crippen LogP contribution in [0.5, 0.6) is 0 Å². The number of aromatic nitrogens is 13. The number of benzene rings is 16. The standard InChI is InChI=1S/C52H31N7S.C52H32N6S/c1-3-13-33(14-4-1)47-42-31-41(48-49(58-60-57-48)46(42)40-19-7-10-20-43(40)53-47)32-23-25-35(26-24-32)51-54-50(34-15-5-2-6-16-34)55-52(56-51)36-27-29-37(30-28-36)59-44-21-11-8-17-38(44)39-18-9-12-22-45(39)59;1-4-14-33(15-5-1)38-20-12-22-40(30-38)51-54-50(55-52(56-51)41-23-13-21-39(31-41)34-16-6-2-7-17-34)37-28-26-35(27-29-37)43-32-44-46(49-48(43)57-59-58-49)42-24-10-11-25-45(42)53-47(44)36-18-8-3-9-19-36/h1-31H;1-32H. The first-order chi connectivity index (χ1) is 59.0. The van der Waals surface area contributed by atoms with Crippen molar-refractivity contribution in [3.8, 4) is 141 Å². The summed E-state index contributed by atoms with van der Waals surface area (Å²) in [5, 5.41) is 8.80. The number of para-hydroxylation sites is 4. The van der Waals surface area contributed by atoms with Gasteiger partial charge in [-0.3, -0.25) is 0 Å². The maximum Gasteiger partial charge on any atom is 0.164 e. The molecule has 13 nitrogen and oxygen atoms in total. The van der Waals surface area contributed by atoms with Crippen LogP contribution in [0.15, 0.2) is 382 Å². The lowest BCUT2D eigenvalue weighted by atomic mass is 9.93. The molecule has 0 aliphatic rings. The molecule has 119 heavy (non-hydrogen) atoms. The van der Waals surface area contributed by atoms with Crippen LogP contribution in [0.25, 0.3) is 228 Å². The van der Waals surface area contributed by atoms with Crippen molar-refractivity contribution in [1.82, 2.24) is 61.9 Å². The van der Waals surface area contributed by atoms with Crippen LogP contribution in [0, 0.1) is 0 Å². The van der Waals surface area contributed by atoms with Gasteiger partial charge in [-0.05, 0) is 106 Å². The quantitative estimate of drug-likeness (QED) is 0.101. The number of hydrogen-bond acceptors (Lipinski definition) is 14. The van der Waals surface area contributed by atoms with Crippen LogP contribution in [-0.4, -0.2) is 61.9 Å². The van der Waals surface area contributed by atoms with E-state index in [2.05, 4.69) is 320 Å². The molecule has 0 spiro atoms. The third-order valence-electron chi connectivity index (χ3n) is 22.1. The lowest BCUT2D eigenvalue weighted by Gasteiger charge is -2.13. The number of fused-ring (bicyclic) bond motifs is 13. The van der Waals surface area contributed by atoms with E-state index in [1.165, 1.54) is 45.3 Å². The van der Waals surface area contributed by atoms with Crippen molar-refractivity contribution in [1.29, 1.82) is 0 Å². The molecule has 0 fully saturated rings. The zero-order valence-electron chi connectivity index (χ0n) is 63.5. The molecule has 16 aromatic carbocycles. The molecule has 0 N–H and O–H groups in total. The molecule has 0 bridgehead atoms. The van der Waals surface area contributed by atoms with E-state index in [0.717, 1.165) is 172 Å². The fourth-order valence-corrected chi connectivity index (χ4v) is 17.5. The summed E-state index contributed by atoms with van der Waals surface area (Å²) in [6, 6.07) is 132. The highest BCUT2D eigenvalue weighted by molar-refractivity contribution is 7.00. The van der Waals surface area contributed by atoms with Crippen molar-refractivity contribution in [2.24, 2.45) is 0 Å². The Labute approximate surface area is 691 Å². The van der Waals surface area contributed by atoms with Crippen LogP contribution >= 0.6 is 23.5 Å². The molecule has 0 atom stereocenters. The fraction of sp³-hybridized carbons (Fsp3) is 0. The van der Waals surface area contributed by atoms with Gasteiger partial charge in [-0.15, -0.1) is 0 Å². The Morgan fingerprint density at radius 2 is 0.471 bits per heavy atom. The zero-order chi connectivity index (χ0) is 78.7. The van der Waals surface area contributed by atoms with E-state index in [4.69, 9.17) is 57.4 Å². The number of pyridine rings is 2. The molecule has 0 aliphatic heterocycles. The van der Waals surface area contributed by atoms with Crippen molar-refractivity contribution in [3.63, 3.8) is 0 Å². The normalized spacial score (nSPS) is 11.5. The van der Waals surface area contributed by atoms with Gasteiger partial charge in [-0.1, -0.05) is 309 Å². The SMILES string of the molecule is c1ccc(-c2cccc(-c3nc(-c4ccc(-c5cc6c(-c7ccccc7)nc7ccccc7c6c6nsnc56)cc4)nc(-c4cccc(-c5ccccc5)c4)n3)c2)cc1.c1ccc(-c2nc(-c3ccc(-c4cc5c(-c6ccccc6)nc6ccccc6c5c5nsnc45)cc3)nc(-c3ccc(-n4c5ccccc5c5ccccc54)cc3)n2)cc1. The highest BCUT2D eigenvalue weighted by atomic mass is 32.1. The molecule has 7 heterocycles. The van der Waals surface area contributed by atoms with Crippen LogP contribution in [0.1, 0.15) is 0 Å². The van der Waals surface area contributed by atoms with Gasteiger partial charge in [0.2, 0.25) is 0 Å². The highest BCUT2D eigenvalue weighted by Crippen LogP contribution is 2.45. The molecule has 0 aliphatic carbocycles. The molecular weight excluding hydrogens is 1500 g/mol. The van der Waals surface area contributed by atoms with Crippen molar-refractivity contribution in [2.45, 2.75) is 0 Å². The molecule has 556 valence electrons. The second-order valence-electron chi connectivity index (χ2n) is 29.2. The molecular formula is C104H63N13S2. The lowest BCUT2D eigenvalue weighted by Crippen LogP contribution is -2.00. The maximum absolute atomic E-state index is 5.20. The highest BCUT2D eigenvalue weighted by Gasteiger charge is 2.24. The molecule has 7 aromatic heterocycles. The van der Waals surface area contributed by atoms with Crippen LogP contribution in [0.3, 0.4) is 0 Å². The molecule has 0 radical (unpaired) electrons. The third-order valence-corrected chi connectivity index (χ3v) is 23.2. The van der Waals surface area contributed by atoms with Crippen molar-refractivity contribution in [2.75, 3.05) is 0 Å². The second-order valence-corrected chi connectivity index (χ2v) is 30.3. The summed E-state index contributed by atoms with van der Waals surface area (Å²) in [4.78, 5) is 40.9. The number of hydrogen-bond donors (Lipinski definition) is 0. The van der Waals surface area contributed by atoms with Gasteiger partial charge in [-0.25, -0.2) is 39.9 Å². The van der Waals surface area contributed by atoms with Gasteiger partial charge in [0.1, 0.15) is 22.1 Å². The van der Waals surface area contributed by atoms with Crippen LogP contribution in [-0.2, 0) is 0 Å². The van der Waals surface area contributed by atoms with E-state index < -0.39 is 0 Å². The molecule has 0 saturated heterocycles. The topological polar surface area (TPSA) is 160 Å². The first-order valence-corrected chi connectivity index (χ1v) is 40.7. The van der Waals surface area contributed by atoms with Gasteiger partial charge in [-0.2, -0.15) is 17.5 Å². The molecule has 0 unspecified atom stereocenters. The van der Waals surface area contributed by atoms with Gasteiger partial charge in [0.25, 0.3) is 0 Å². The summed E-state index contributed by atoms with van der Waals surface area (Å²) >= 11 is 2.48. The van der Waals surface area contributed by atoms with Gasteiger partial charge >= 0.3 is 0 Å². The first-order valence-electron chi connectivity index (χ1n) is 39.2. The van der Waals surface area contributed by atoms with Crippen LogP contribution < -0.4 is 0 Å². The minimum Gasteiger partial charge on any atom is -0.309 e. The van der Waals surface area contributed by atoms with Crippen molar-refractivity contribution >= 4 is 111 Å². The minimum atomic E-state index is 0.591. The van der Waals surface area contributed by atoms with E-state index in [9.17, 15) is 0 Å². The lowest BCUT2D eigenvalue weighted by molar-refractivity contribution is 1.07. The van der Waals surface area contributed by atoms with Crippen LogP contribution in [0.4, 0.5) is 0 Å². The van der Waals surface area contributed by atoms with E-state index in [1.54, 1.807) is 0 Å². The number of rotatable bonds is 13. The predicted molar refractivity (Wildman–Crippen MR) is 487 cm³/mol. The summed E-state index contributed by atoms with van der Waals surface area (Å²) in [5.41, 5.74) is 26.6. The maximum atomic E-state index is 5.20. The molecule has 23 rings (SSSR count). The minimum absolute atomic E-state index is 0.591. The summed E-state index contributed by atoms with van der Waals surface area (Å²) in [6.07, 6.45) is 0. The predicted octanol–water partition coefficient (Wildman–Crippen LogP) is 26.3. The number of nitrogens with zero attached hydrogens (tertiary/aromatic N) is 13. The molecule has 0 amide bonds. The summed E-state index contributed by atoms with van der Waals surface area (Å²) < 4.78 is 21.8. The average molecular weight is 1560 g/mol. The molecule has 15 heteroatoms. The second kappa shape index (κ2) is 29.9. The van der Waals surface area contributed by atoms with Gasteiger partial charge in [0.05, 0.1) is 56.9 Å². The Bertz CT molecular complexity index is 7670. The molecule has 23 aromatic rings. The largest absolute Gasteiger partial charge is 0.309 e. The summed E-state index contributed by atoms with van der Waals surface area (Å²) in [6.45, 7) is 0. The third kappa shape index (κ3) is 12.9. The van der Waals surface area contributed by atoms with Gasteiger partial charge in [0, 0.05) is 104 Å². The Hall–Kier alpha value is -15.7.